The first-order chi connectivity index (χ1) is 7.52. The average molecular weight is 307 g/mol. The zero-order valence-corrected chi connectivity index (χ0v) is 10.8. The monoisotopic (exact) mass is 305 g/mol. The van der Waals surface area contributed by atoms with E-state index in [1.807, 2.05) is 0 Å². The first-order valence-corrected chi connectivity index (χ1v) is 5.51. The van der Waals surface area contributed by atoms with Crippen molar-refractivity contribution in [2.45, 2.75) is 0 Å². The number of rotatable bonds is 3. The van der Waals surface area contributed by atoms with E-state index in [1.54, 1.807) is 12.1 Å². The van der Waals surface area contributed by atoms with Crippen LogP contribution >= 0.6 is 27.5 Å². The second-order valence-corrected chi connectivity index (χ2v) is 4.27. The number of hydrogen-bond acceptors (Lipinski definition) is 3. The fourth-order valence-electron chi connectivity index (χ4n) is 1.01. The van der Waals surface area contributed by atoms with E-state index in [0.29, 0.717) is 15.1 Å². The topological polar surface area (TPSA) is 55.4 Å². The lowest BCUT2D eigenvalue weighted by Gasteiger charge is -2.04. The molecule has 1 amide bonds. The maximum absolute atomic E-state index is 11.6. The standard InChI is InChI=1S/C10H9BrClNO3/c1-16-9(14)5-13-10(15)6-2-7(11)4-8(12)3-6/h2-4H,5H2,1H3,(H,13,15). The predicted octanol–water partition coefficient (Wildman–Crippen LogP) is 2.01. The van der Waals surface area contributed by atoms with Crippen molar-refractivity contribution in [3.05, 3.63) is 33.3 Å². The average Bonchev–Trinajstić information content (AvgIpc) is 2.23. The SMILES string of the molecule is COC(=O)CNC(=O)c1cc(Cl)cc(Br)c1. The minimum Gasteiger partial charge on any atom is -0.468 e. The van der Waals surface area contributed by atoms with Crippen LogP contribution in [0.1, 0.15) is 10.4 Å². The number of ether oxygens (including phenoxy) is 1. The highest BCUT2D eigenvalue weighted by Crippen LogP contribution is 2.19. The van der Waals surface area contributed by atoms with Crippen molar-refractivity contribution in [2.24, 2.45) is 0 Å². The lowest BCUT2D eigenvalue weighted by molar-refractivity contribution is -0.139. The van der Waals surface area contributed by atoms with E-state index < -0.39 is 5.97 Å². The van der Waals surface area contributed by atoms with Crippen molar-refractivity contribution in [3.63, 3.8) is 0 Å². The number of esters is 1. The maximum Gasteiger partial charge on any atom is 0.325 e. The molecule has 0 aliphatic carbocycles. The Labute approximate surface area is 106 Å². The van der Waals surface area contributed by atoms with Crippen molar-refractivity contribution < 1.29 is 14.3 Å². The maximum atomic E-state index is 11.6. The summed E-state index contributed by atoms with van der Waals surface area (Å²) in [5.41, 5.74) is 0.378. The van der Waals surface area contributed by atoms with Gasteiger partial charge < -0.3 is 10.1 Å². The van der Waals surface area contributed by atoms with Gasteiger partial charge in [-0.25, -0.2) is 0 Å². The molecule has 1 aromatic carbocycles. The number of benzene rings is 1. The smallest absolute Gasteiger partial charge is 0.325 e. The number of hydrogen-bond donors (Lipinski definition) is 1. The van der Waals surface area contributed by atoms with Gasteiger partial charge in [0.15, 0.2) is 0 Å². The van der Waals surface area contributed by atoms with Gasteiger partial charge in [0.1, 0.15) is 6.54 Å². The van der Waals surface area contributed by atoms with Crippen LogP contribution in [0.5, 0.6) is 0 Å². The van der Waals surface area contributed by atoms with Crippen LogP contribution in [0, 0.1) is 0 Å². The van der Waals surface area contributed by atoms with E-state index in [4.69, 9.17) is 11.6 Å². The van der Waals surface area contributed by atoms with Gasteiger partial charge in [-0.2, -0.15) is 0 Å². The van der Waals surface area contributed by atoms with Crippen LogP contribution in [-0.4, -0.2) is 25.5 Å². The van der Waals surface area contributed by atoms with Crippen LogP contribution in [0.15, 0.2) is 22.7 Å². The molecule has 1 aromatic rings. The Morgan fingerprint density at radius 1 is 1.44 bits per heavy atom. The largest absolute Gasteiger partial charge is 0.468 e. The summed E-state index contributed by atoms with van der Waals surface area (Å²) >= 11 is 9.00. The Balaban J connectivity index is 2.69. The molecule has 0 spiro atoms. The van der Waals surface area contributed by atoms with Crippen molar-refractivity contribution in [2.75, 3.05) is 13.7 Å². The quantitative estimate of drug-likeness (QED) is 0.869. The minimum atomic E-state index is -0.505. The molecule has 16 heavy (non-hydrogen) atoms. The zero-order valence-electron chi connectivity index (χ0n) is 8.42. The summed E-state index contributed by atoms with van der Waals surface area (Å²) in [4.78, 5) is 22.4. The molecule has 4 nitrogen and oxygen atoms in total. The number of carbonyl (C=O) groups is 2. The Morgan fingerprint density at radius 2 is 2.12 bits per heavy atom. The number of methoxy groups -OCH3 is 1. The van der Waals surface area contributed by atoms with Crippen LogP contribution in [0.4, 0.5) is 0 Å². The molecule has 86 valence electrons. The second kappa shape index (κ2) is 5.86. The number of halogens is 2. The molecule has 0 bridgehead atoms. The van der Waals surface area contributed by atoms with Gasteiger partial charge in [0.05, 0.1) is 7.11 Å². The minimum absolute atomic E-state index is 0.167. The molecular weight excluding hydrogens is 297 g/mol. The van der Waals surface area contributed by atoms with Gasteiger partial charge in [-0.15, -0.1) is 0 Å². The fourth-order valence-corrected chi connectivity index (χ4v) is 1.87. The van der Waals surface area contributed by atoms with Crippen molar-refractivity contribution >= 4 is 39.4 Å². The van der Waals surface area contributed by atoms with E-state index in [-0.39, 0.29) is 12.5 Å². The highest BCUT2D eigenvalue weighted by atomic mass is 79.9. The van der Waals surface area contributed by atoms with Gasteiger partial charge >= 0.3 is 5.97 Å². The Kier molecular flexibility index (Phi) is 4.76. The lowest BCUT2D eigenvalue weighted by Crippen LogP contribution is -2.30. The summed E-state index contributed by atoms with van der Waals surface area (Å²) in [5.74, 6) is -0.886. The molecular formula is C10H9BrClNO3. The molecule has 0 heterocycles. The molecule has 0 unspecified atom stereocenters. The Hall–Kier alpha value is -1.07. The van der Waals surface area contributed by atoms with E-state index >= 15 is 0 Å². The molecule has 0 fully saturated rings. The third-order valence-electron chi connectivity index (χ3n) is 1.75. The Bertz CT molecular complexity index is 402. The molecule has 0 saturated heterocycles. The summed E-state index contributed by atoms with van der Waals surface area (Å²) in [5, 5.41) is 2.85. The zero-order chi connectivity index (χ0) is 12.1. The highest BCUT2D eigenvalue weighted by molar-refractivity contribution is 9.10. The predicted molar refractivity (Wildman–Crippen MR) is 63.5 cm³/mol. The Morgan fingerprint density at radius 3 is 2.69 bits per heavy atom. The molecule has 0 aliphatic rings. The summed E-state index contributed by atoms with van der Waals surface area (Å²) in [6.07, 6.45) is 0. The van der Waals surface area contributed by atoms with Gasteiger partial charge in [-0.1, -0.05) is 27.5 Å². The summed E-state index contributed by atoms with van der Waals surface area (Å²) in [7, 11) is 1.25. The van der Waals surface area contributed by atoms with Crippen LogP contribution in [-0.2, 0) is 9.53 Å². The van der Waals surface area contributed by atoms with Gasteiger partial charge in [-0.05, 0) is 18.2 Å². The molecule has 0 atom stereocenters. The van der Waals surface area contributed by atoms with Gasteiger partial charge in [0.25, 0.3) is 5.91 Å². The van der Waals surface area contributed by atoms with E-state index in [1.165, 1.54) is 13.2 Å². The molecule has 1 N–H and O–H groups in total. The third-order valence-corrected chi connectivity index (χ3v) is 2.42. The van der Waals surface area contributed by atoms with Crippen LogP contribution in [0.25, 0.3) is 0 Å². The highest BCUT2D eigenvalue weighted by Gasteiger charge is 2.09. The first kappa shape index (κ1) is 13.0. The molecule has 0 aromatic heterocycles. The number of amides is 1. The third kappa shape index (κ3) is 3.83. The molecule has 0 aliphatic heterocycles. The normalized spacial score (nSPS) is 9.69. The first-order valence-electron chi connectivity index (χ1n) is 4.34. The molecule has 0 radical (unpaired) electrons. The van der Waals surface area contributed by atoms with Crippen LogP contribution in [0.3, 0.4) is 0 Å². The van der Waals surface area contributed by atoms with Gasteiger partial charge in [0, 0.05) is 15.1 Å². The van der Waals surface area contributed by atoms with E-state index in [0.717, 1.165) is 0 Å². The number of nitrogens with one attached hydrogen (secondary N) is 1. The van der Waals surface area contributed by atoms with Crippen molar-refractivity contribution in [3.8, 4) is 0 Å². The molecule has 1 rings (SSSR count). The summed E-state index contributed by atoms with van der Waals surface area (Å²) in [6, 6.07) is 4.79. The summed E-state index contributed by atoms with van der Waals surface area (Å²) in [6.45, 7) is -0.167. The van der Waals surface area contributed by atoms with E-state index in [2.05, 4.69) is 26.0 Å². The number of carbonyl (C=O) groups excluding carboxylic acids is 2. The fraction of sp³-hybridized carbons (Fsp3) is 0.200. The summed E-state index contributed by atoms with van der Waals surface area (Å²) < 4.78 is 5.09. The van der Waals surface area contributed by atoms with E-state index in [9.17, 15) is 9.59 Å². The van der Waals surface area contributed by atoms with Crippen LogP contribution < -0.4 is 5.32 Å². The van der Waals surface area contributed by atoms with Gasteiger partial charge in [-0.3, -0.25) is 9.59 Å². The molecule has 0 saturated carbocycles. The molecule has 6 heteroatoms. The van der Waals surface area contributed by atoms with Crippen molar-refractivity contribution in [1.29, 1.82) is 0 Å². The van der Waals surface area contributed by atoms with Crippen LogP contribution in [0.2, 0.25) is 5.02 Å². The lowest BCUT2D eigenvalue weighted by atomic mass is 10.2. The second-order valence-electron chi connectivity index (χ2n) is 2.92. The van der Waals surface area contributed by atoms with Crippen molar-refractivity contribution in [1.82, 2.24) is 5.32 Å². The van der Waals surface area contributed by atoms with Gasteiger partial charge in [0.2, 0.25) is 0 Å².